The van der Waals surface area contributed by atoms with E-state index in [0.717, 1.165) is 37.6 Å². The molecule has 30 heavy (non-hydrogen) atoms. The van der Waals surface area contributed by atoms with Gasteiger partial charge in [-0.2, -0.15) is 0 Å². The van der Waals surface area contributed by atoms with Crippen LogP contribution in [0.3, 0.4) is 0 Å². The number of halogens is 2. The Balaban J connectivity index is 1.60. The molecule has 0 atom stereocenters. The number of nitrogens with one attached hydrogen (secondary N) is 2. The van der Waals surface area contributed by atoms with Crippen LogP contribution in [0.15, 0.2) is 42.5 Å². The molecule has 0 saturated carbocycles. The second-order valence-corrected chi connectivity index (χ2v) is 7.10. The lowest BCUT2D eigenvalue weighted by atomic mass is 10.1. The van der Waals surface area contributed by atoms with Gasteiger partial charge in [0, 0.05) is 43.7 Å². The van der Waals surface area contributed by atoms with Crippen LogP contribution in [0.2, 0.25) is 0 Å². The Labute approximate surface area is 172 Å². The molecule has 0 spiro atoms. The van der Waals surface area contributed by atoms with Gasteiger partial charge in [-0.05, 0) is 24.3 Å². The average Bonchev–Trinajstić information content (AvgIpc) is 2.76. The van der Waals surface area contributed by atoms with E-state index in [2.05, 4.69) is 20.5 Å². The molecule has 3 aromatic rings. The molecular weight excluding hydrogens is 390 g/mol. The second-order valence-electron chi connectivity index (χ2n) is 7.10. The van der Waals surface area contributed by atoms with Crippen molar-refractivity contribution in [2.24, 2.45) is 0 Å². The Morgan fingerprint density at radius 2 is 1.97 bits per heavy atom. The van der Waals surface area contributed by atoms with E-state index in [9.17, 15) is 9.18 Å². The topological polar surface area (TPSA) is 66.5 Å². The van der Waals surface area contributed by atoms with E-state index in [4.69, 9.17) is 4.74 Å². The lowest BCUT2D eigenvalue weighted by molar-refractivity contribution is 0.101. The molecule has 1 aliphatic heterocycles. The number of methoxy groups -OCH3 is 1. The third-order valence-corrected chi connectivity index (χ3v) is 5.15. The lowest BCUT2D eigenvalue weighted by Crippen LogP contribution is -2.43. The summed E-state index contributed by atoms with van der Waals surface area (Å²) >= 11 is 0. The molecule has 0 bridgehead atoms. The molecule has 8 heteroatoms. The van der Waals surface area contributed by atoms with Gasteiger partial charge < -0.3 is 15.4 Å². The number of rotatable bonds is 5. The SMILES string of the molecule is COc1cccc2ccc(NC(=O)c3c(F)ccc(CN4CCNCC4)c3F)nc12. The highest BCUT2D eigenvalue weighted by molar-refractivity contribution is 6.04. The first-order valence-corrected chi connectivity index (χ1v) is 9.72. The minimum atomic E-state index is -0.910. The predicted octanol–water partition coefficient (Wildman–Crippen LogP) is 3.18. The number of fused-ring (bicyclic) bond motifs is 1. The largest absolute Gasteiger partial charge is 0.494 e. The van der Waals surface area contributed by atoms with Crippen molar-refractivity contribution in [3.8, 4) is 5.75 Å². The van der Waals surface area contributed by atoms with E-state index in [0.29, 0.717) is 17.8 Å². The smallest absolute Gasteiger partial charge is 0.262 e. The maximum Gasteiger partial charge on any atom is 0.262 e. The van der Waals surface area contributed by atoms with Gasteiger partial charge in [0.25, 0.3) is 5.91 Å². The monoisotopic (exact) mass is 412 g/mol. The Morgan fingerprint density at radius 3 is 2.73 bits per heavy atom. The molecule has 156 valence electrons. The number of carbonyl (C=O) groups is 1. The van der Waals surface area contributed by atoms with E-state index in [1.807, 2.05) is 12.1 Å². The summed E-state index contributed by atoms with van der Waals surface area (Å²) in [7, 11) is 1.52. The molecule has 1 aliphatic rings. The molecule has 1 fully saturated rings. The van der Waals surface area contributed by atoms with E-state index < -0.39 is 23.1 Å². The van der Waals surface area contributed by atoms with Gasteiger partial charge in [-0.3, -0.25) is 9.69 Å². The van der Waals surface area contributed by atoms with Crippen LogP contribution in [0.1, 0.15) is 15.9 Å². The minimum absolute atomic E-state index is 0.184. The van der Waals surface area contributed by atoms with Gasteiger partial charge >= 0.3 is 0 Å². The van der Waals surface area contributed by atoms with Crippen molar-refractivity contribution in [2.45, 2.75) is 6.54 Å². The van der Waals surface area contributed by atoms with Crippen LogP contribution in [0.25, 0.3) is 10.9 Å². The highest BCUT2D eigenvalue weighted by atomic mass is 19.1. The summed E-state index contributed by atoms with van der Waals surface area (Å²) in [5.41, 5.74) is 0.229. The van der Waals surface area contributed by atoms with Crippen LogP contribution in [0, 0.1) is 11.6 Å². The molecule has 4 rings (SSSR count). The zero-order chi connectivity index (χ0) is 21.1. The number of benzene rings is 2. The molecule has 1 saturated heterocycles. The molecule has 2 N–H and O–H groups in total. The Bertz CT molecular complexity index is 1080. The maximum atomic E-state index is 15.0. The molecule has 0 radical (unpaired) electrons. The van der Waals surface area contributed by atoms with Crippen LogP contribution in [-0.2, 0) is 6.54 Å². The Morgan fingerprint density at radius 1 is 1.17 bits per heavy atom. The van der Waals surface area contributed by atoms with Crippen LogP contribution >= 0.6 is 0 Å². The first-order chi connectivity index (χ1) is 14.6. The van der Waals surface area contributed by atoms with Crippen LogP contribution in [-0.4, -0.2) is 49.1 Å². The molecule has 0 unspecified atom stereocenters. The molecule has 1 aromatic heterocycles. The number of anilines is 1. The minimum Gasteiger partial charge on any atom is -0.494 e. The summed E-state index contributed by atoms with van der Waals surface area (Å²) < 4.78 is 34.7. The molecule has 0 aliphatic carbocycles. The second kappa shape index (κ2) is 8.73. The van der Waals surface area contributed by atoms with Crippen molar-refractivity contribution in [3.05, 3.63) is 65.2 Å². The fraction of sp³-hybridized carbons (Fsp3) is 0.273. The van der Waals surface area contributed by atoms with Crippen molar-refractivity contribution in [1.82, 2.24) is 15.2 Å². The van der Waals surface area contributed by atoms with Gasteiger partial charge in [0.2, 0.25) is 0 Å². The number of nitrogens with zero attached hydrogens (tertiary/aromatic N) is 2. The highest BCUT2D eigenvalue weighted by Crippen LogP contribution is 2.26. The summed E-state index contributed by atoms with van der Waals surface area (Å²) in [5, 5.41) is 6.55. The zero-order valence-electron chi connectivity index (χ0n) is 16.5. The van der Waals surface area contributed by atoms with Crippen LogP contribution < -0.4 is 15.4 Å². The number of carbonyl (C=O) groups excluding carboxylic acids is 1. The number of hydrogen-bond acceptors (Lipinski definition) is 5. The van der Waals surface area contributed by atoms with E-state index in [1.54, 1.807) is 18.2 Å². The fourth-order valence-corrected chi connectivity index (χ4v) is 3.57. The van der Waals surface area contributed by atoms with Crippen molar-refractivity contribution in [3.63, 3.8) is 0 Å². The first kappa shape index (κ1) is 20.2. The van der Waals surface area contributed by atoms with Crippen molar-refractivity contribution < 1.29 is 18.3 Å². The van der Waals surface area contributed by atoms with E-state index >= 15 is 4.39 Å². The van der Waals surface area contributed by atoms with E-state index in [-0.39, 0.29) is 11.4 Å². The number of ether oxygens (including phenoxy) is 1. The van der Waals surface area contributed by atoms with Gasteiger partial charge in [-0.25, -0.2) is 13.8 Å². The number of pyridine rings is 1. The first-order valence-electron chi connectivity index (χ1n) is 9.72. The van der Waals surface area contributed by atoms with Gasteiger partial charge in [-0.15, -0.1) is 0 Å². The summed E-state index contributed by atoms with van der Waals surface area (Å²) in [4.78, 5) is 19.1. The van der Waals surface area contributed by atoms with Gasteiger partial charge in [0.1, 0.15) is 34.3 Å². The Kier molecular flexibility index (Phi) is 5.87. The quantitative estimate of drug-likeness (QED) is 0.674. The highest BCUT2D eigenvalue weighted by Gasteiger charge is 2.22. The number of hydrogen-bond donors (Lipinski definition) is 2. The third-order valence-electron chi connectivity index (χ3n) is 5.15. The number of piperazine rings is 1. The molecule has 6 nitrogen and oxygen atoms in total. The standard InChI is InChI=1S/C22H22F2N4O2/c1-30-17-4-2-3-14-6-8-18(26-21(14)17)27-22(29)19-16(23)7-5-15(20(19)24)13-28-11-9-25-10-12-28/h2-8,25H,9-13H2,1H3,(H,26,27,29). The van der Waals surface area contributed by atoms with Crippen molar-refractivity contribution in [2.75, 3.05) is 38.6 Å². The lowest BCUT2D eigenvalue weighted by Gasteiger charge is -2.27. The summed E-state index contributed by atoms with van der Waals surface area (Å²) in [6, 6.07) is 11.3. The number of amides is 1. The third kappa shape index (κ3) is 4.10. The van der Waals surface area contributed by atoms with E-state index in [1.165, 1.54) is 13.2 Å². The fourth-order valence-electron chi connectivity index (χ4n) is 3.57. The van der Waals surface area contributed by atoms with Gasteiger partial charge in [0.05, 0.1) is 7.11 Å². The molecule has 1 amide bonds. The van der Waals surface area contributed by atoms with Gasteiger partial charge in [0.15, 0.2) is 0 Å². The number of aromatic nitrogens is 1. The van der Waals surface area contributed by atoms with Gasteiger partial charge in [-0.1, -0.05) is 18.2 Å². The number of para-hydroxylation sites is 1. The predicted molar refractivity (Wildman–Crippen MR) is 111 cm³/mol. The van der Waals surface area contributed by atoms with Crippen molar-refractivity contribution >= 4 is 22.6 Å². The summed E-state index contributed by atoms with van der Waals surface area (Å²) in [6.07, 6.45) is 0. The molecule has 2 aromatic carbocycles. The average molecular weight is 412 g/mol. The molecular formula is C22H22F2N4O2. The summed E-state index contributed by atoms with van der Waals surface area (Å²) in [6.45, 7) is 3.47. The Hall–Kier alpha value is -3.10. The maximum absolute atomic E-state index is 15.0. The van der Waals surface area contributed by atoms with Crippen molar-refractivity contribution in [1.29, 1.82) is 0 Å². The molecule has 2 heterocycles. The van der Waals surface area contributed by atoms with Crippen LogP contribution in [0.4, 0.5) is 14.6 Å². The normalized spacial score (nSPS) is 14.6. The van der Waals surface area contributed by atoms with Crippen LogP contribution in [0.5, 0.6) is 5.75 Å². The summed E-state index contributed by atoms with van der Waals surface area (Å²) in [5.74, 6) is -1.91. The zero-order valence-corrected chi connectivity index (χ0v) is 16.5.